The Morgan fingerprint density at radius 1 is 0.235 bits per heavy atom. The molecule has 0 aliphatic rings. The van der Waals surface area contributed by atoms with Gasteiger partial charge < -0.3 is 17.9 Å². The molecule has 0 N–H and O–H groups in total. The molecule has 0 bridgehead atoms. The summed E-state index contributed by atoms with van der Waals surface area (Å²) in [6.45, 7) is 0. The maximum Gasteiger partial charge on any atom is 0.0640 e. The monoisotopic (exact) mass is 862 g/mol. The predicted molar refractivity (Wildman–Crippen MR) is 288 cm³/mol. The van der Waals surface area contributed by atoms with Gasteiger partial charge in [0.05, 0.1) is 44.1 Å². The molecule has 0 atom stereocenters. The lowest BCUT2D eigenvalue weighted by molar-refractivity contribution is 1.18. The van der Waals surface area contributed by atoms with Crippen molar-refractivity contribution < 1.29 is 0 Å². The fraction of sp³-hybridized carbons (Fsp3) is 0. The number of aromatic nitrogens is 4. The Bertz CT molecular complexity index is 4850. The molecule has 0 aliphatic heterocycles. The standard InChI is InChI=1S/C64H38N4/c1-2-18-43(19-3-1)67-57-31-29-40(34-53(57)55-35-59-54(36-60(55)67)47-23-8-10-26-50(47)62-45-21-6-5-16-42(45)38-66(59)62)39-17-14-20-44(33-39)68-56-28-13-12-24-48(56)52-30-32-58-61(64(52)68)49-25-9-11-27-51(49)63-46-22-7-4-15-41(46)37-65(58)63/h1-38H. The SMILES string of the molecule is c1ccc(-n2c3ccc(-c4cccc(-n5c6ccccc6c6ccc7c(c8ccccc8c8c9ccccc9cn78)c65)c4)cc3c3cc4c(cc32)c2ccccc2c2c3ccccc3cn42)cc1. The van der Waals surface area contributed by atoms with Gasteiger partial charge in [-0.25, -0.2) is 0 Å². The third-order valence-electron chi connectivity index (χ3n) is 15.0. The van der Waals surface area contributed by atoms with Gasteiger partial charge in [-0.05, 0) is 82.6 Å². The molecule has 0 amide bonds. The van der Waals surface area contributed by atoms with E-state index in [0.717, 1.165) is 11.4 Å². The first-order valence-electron chi connectivity index (χ1n) is 23.5. The highest BCUT2D eigenvalue weighted by Gasteiger charge is 2.22. The Labute approximate surface area is 388 Å². The molecule has 0 aliphatic carbocycles. The topological polar surface area (TPSA) is 18.7 Å². The third-order valence-corrected chi connectivity index (χ3v) is 15.0. The van der Waals surface area contributed by atoms with Gasteiger partial charge in [0.1, 0.15) is 0 Å². The summed E-state index contributed by atoms with van der Waals surface area (Å²) < 4.78 is 9.83. The lowest BCUT2D eigenvalue weighted by Gasteiger charge is -2.15. The Kier molecular flexibility index (Phi) is 7.04. The van der Waals surface area contributed by atoms with E-state index in [0.29, 0.717) is 0 Å². The molecule has 16 rings (SSSR count). The fourth-order valence-electron chi connectivity index (χ4n) is 12.2. The van der Waals surface area contributed by atoms with Crippen LogP contribution in [0.3, 0.4) is 0 Å². The molecule has 0 fully saturated rings. The lowest BCUT2D eigenvalue weighted by atomic mass is 10.00. The highest BCUT2D eigenvalue weighted by Crippen LogP contribution is 2.45. The zero-order chi connectivity index (χ0) is 44.2. The highest BCUT2D eigenvalue weighted by atomic mass is 15.0. The maximum atomic E-state index is 2.51. The van der Waals surface area contributed by atoms with Crippen LogP contribution in [0.4, 0.5) is 0 Å². The average Bonchev–Trinajstić information content (AvgIpc) is 4.17. The average molecular weight is 863 g/mol. The quantitative estimate of drug-likeness (QED) is 0.158. The molecule has 314 valence electrons. The number of hydrogen-bond donors (Lipinski definition) is 0. The normalized spacial score (nSPS) is 12.4. The van der Waals surface area contributed by atoms with E-state index in [1.54, 1.807) is 0 Å². The Morgan fingerprint density at radius 3 is 1.51 bits per heavy atom. The van der Waals surface area contributed by atoms with Crippen LogP contribution in [-0.4, -0.2) is 17.9 Å². The minimum atomic E-state index is 1.13. The predicted octanol–water partition coefficient (Wildman–Crippen LogP) is 17.0. The molecule has 10 aromatic carbocycles. The Balaban J connectivity index is 0.970. The number of pyridine rings is 2. The summed E-state index contributed by atoms with van der Waals surface area (Å²) in [4.78, 5) is 0. The smallest absolute Gasteiger partial charge is 0.0640 e. The van der Waals surface area contributed by atoms with Crippen LogP contribution in [0.5, 0.6) is 0 Å². The summed E-state index contributed by atoms with van der Waals surface area (Å²) in [6.07, 6.45) is 4.64. The number of para-hydroxylation sites is 2. The molecule has 0 saturated heterocycles. The summed E-state index contributed by atoms with van der Waals surface area (Å²) in [5, 5.41) is 17.5. The van der Waals surface area contributed by atoms with Gasteiger partial charge in [0.2, 0.25) is 0 Å². The molecule has 0 saturated carbocycles. The van der Waals surface area contributed by atoms with E-state index in [1.807, 2.05) is 0 Å². The van der Waals surface area contributed by atoms with Crippen molar-refractivity contribution in [3.05, 3.63) is 231 Å². The van der Waals surface area contributed by atoms with Crippen LogP contribution < -0.4 is 0 Å². The molecule has 68 heavy (non-hydrogen) atoms. The lowest BCUT2D eigenvalue weighted by Crippen LogP contribution is -1.97. The molecule has 0 unspecified atom stereocenters. The van der Waals surface area contributed by atoms with Gasteiger partial charge in [-0.3, -0.25) is 0 Å². The van der Waals surface area contributed by atoms with Crippen molar-refractivity contribution in [2.75, 3.05) is 0 Å². The molecule has 6 heterocycles. The van der Waals surface area contributed by atoms with Gasteiger partial charge in [0, 0.05) is 88.4 Å². The zero-order valence-electron chi connectivity index (χ0n) is 36.7. The van der Waals surface area contributed by atoms with Crippen molar-refractivity contribution >= 4 is 120 Å². The molecule has 4 nitrogen and oxygen atoms in total. The Hall–Kier alpha value is -9.12. The molecular weight excluding hydrogens is 825 g/mol. The maximum absolute atomic E-state index is 2.51. The van der Waals surface area contributed by atoms with Crippen molar-refractivity contribution in [3.8, 4) is 22.5 Å². The van der Waals surface area contributed by atoms with Crippen molar-refractivity contribution in [3.63, 3.8) is 0 Å². The van der Waals surface area contributed by atoms with E-state index < -0.39 is 0 Å². The molecule has 0 spiro atoms. The molecule has 4 heteroatoms. The van der Waals surface area contributed by atoms with Gasteiger partial charge in [0.25, 0.3) is 0 Å². The van der Waals surface area contributed by atoms with Gasteiger partial charge >= 0.3 is 0 Å². The first-order valence-corrected chi connectivity index (χ1v) is 23.5. The van der Waals surface area contributed by atoms with Crippen LogP contribution in [-0.2, 0) is 0 Å². The van der Waals surface area contributed by atoms with Crippen LogP contribution in [0.1, 0.15) is 0 Å². The molecule has 6 aromatic heterocycles. The van der Waals surface area contributed by atoms with E-state index in [9.17, 15) is 0 Å². The number of benzene rings is 10. The van der Waals surface area contributed by atoms with Crippen molar-refractivity contribution in [2.24, 2.45) is 0 Å². The second-order valence-corrected chi connectivity index (χ2v) is 18.5. The van der Waals surface area contributed by atoms with Gasteiger partial charge in [-0.15, -0.1) is 0 Å². The summed E-state index contributed by atoms with van der Waals surface area (Å²) >= 11 is 0. The summed E-state index contributed by atoms with van der Waals surface area (Å²) in [5.74, 6) is 0. The van der Waals surface area contributed by atoms with E-state index in [1.165, 1.54) is 131 Å². The minimum absolute atomic E-state index is 1.13. The van der Waals surface area contributed by atoms with Gasteiger partial charge in [-0.2, -0.15) is 0 Å². The molecule has 0 radical (unpaired) electrons. The number of hydrogen-bond acceptors (Lipinski definition) is 0. The molecular formula is C64H38N4. The first-order chi connectivity index (χ1) is 33.7. The van der Waals surface area contributed by atoms with E-state index in [4.69, 9.17) is 0 Å². The third kappa shape index (κ3) is 4.73. The second kappa shape index (κ2) is 13.3. The highest BCUT2D eigenvalue weighted by molar-refractivity contribution is 6.29. The van der Waals surface area contributed by atoms with E-state index >= 15 is 0 Å². The van der Waals surface area contributed by atoms with Crippen LogP contribution in [0.15, 0.2) is 231 Å². The van der Waals surface area contributed by atoms with Crippen LogP contribution in [0, 0.1) is 0 Å². The minimum Gasteiger partial charge on any atom is -0.315 e. The number of nitrogens with zero attached hydrogens (tertiary/aromatic N) is 4. The number of rotatable bonds is 3. The zero-order valence-corrected chi connectivity index (χ0v) is 36.7. The van der Waals surface area contributed by atoms with E-state index in [2.05, 4.69) is 249 Å². The number of fused-ring (bicyclic) bond motifs is 23. The van der Waals surface area contributed by atoms with Crippen LogP contribution in [0.25, 0.3) is 142 Å². The molecule has 16 aromatic rings. The van der Waals surface area contributed by atoms with Crippen molar-refractivity contribution in [1.29, 1.82) is 0 Å². The summed E-state index contributed by atoms with van der Waals surface area (Å²) in [6, 6.07) is 81.0. The summed E-state index contributed by atoms with van der Waals surface area (Å²) in [5.41, 5.74) is 14.3. The van der Waals surface area contributed by atoms with Crippen LogP contribution in [0.2, 0.25) is 0 Å². The summed E-state index contributed by atoms with van der Waals surface area (Å²) in [7, 11) is 0. The van der Waals surface area contributed by atoms with Gasteiger partial charge in [0.15, 0.2) is 0 Å². The fourth-order valence-corrected chi connectivity index (χ4v) is 12.2. The van der Waals surface area contributed by atoms with Crippen molar-refractivity contribution in [2.45, 2.75) is 0 Å². The largest absolute Gasteiger partial charge is 0.315 e. The first kappa shape index (κ1) is 36.1. The van der Waals surface area contributed by atoms with E-state index in [-0.39, 0.29) is 0 Å². The van der Waals surface area contributed by atoms with Crippen molar-refractivity contribution in [1.82, 2.24) is 17.9 Å². The Morgan fingerprint density at radius 2 is 0.750 bits per heavy atom. The van der Waals surface area contributed by atoms with Gasteiger partial charge in [-0.1, -0.05) is 158 Å². The van der Waals surface area contributed by atoms with Crippen LogP contribution >= 0.6 is 0 Å². The second-order valence-electron chi connectivity index (χ2n) is 18.5.